The summed E-state index contributed by atoms with van der Waals surface area (Å²) in [4.78, 5) is 29.3. The number of hydrogen-bond donors (Lipinski definition) is 1. The van der Waals surface area contributed by atoms with Gasteiger partial charge in [-0.25, -0.2) is 4.39 Å². The molecule has 1 aliphatic rings. The number of benzene rings is 2. The number of hydrogen-bond acceptors (Lipinski definition) is 3. The predicted octanol–water partition coefficient (Wildman–Crippen LogP) is 3.41. The van der Waals surface area contributed by atoms with E-state index in [4.69, 9.17) is 0 Å². The van der Waals surface area contributed by atoms with Gasteiger partial charge in [-0.05, 0) is 63.2 Å². The Labute approximate surface area is 177 Å². The summed E-state index contributed by atoms with van der Waals surface area (Å²) in [5, 5.41) is 3.03. The third-order valence-electron chi connectivity index (χ3n) is 5.85. The van der Waals surface area contributed by atoms with Gasteiger partial charge in [0.05, 0.1) is 6.04 Å². The molecule has 160 valence electrons. The number of amides is 2. The molecule has 1 N–H and O–H groups in total. The number of likely N-dealkylation sites (tertiary alicyclic amines) is 1. The fourth-order valence-electron chi connectivity index (χ4n) is 3.98. The molecule has 2 aromatic rings. The van der Waals surface area contributed by atoms with Gasteiger partial charge in [0, 0.05) is 31.1 Å². The van der Waals surface area contributed by atoms with Crippen LogP contribution >= 0.6 is 0 Å². The van der Waals surface area contributed by atoms with E-state index in [0.29, 0.717) is 32.5 Å². The van der Waals surface area contributed by atoms with Crippen molar-refractivity contribution in [3.8, 4) is 0 Å². The van der Waals surface area contributed by atoms with Gasteiger partial charge in [-0.3, -0.25) is 9.59 Å². The Bertz CT molecular complexity index is 892. The first kappa shape index (κ1) is 22.0. The van der Waals surface area contributed by atoms with Crippen molar-refractivity contribution < 1.29 is 14.0 Å². The van der Waals surface area contributed by atoms with Gasteiger partial charge < -0.3 is 15.1 Å². The van der Waals surface area contributed by atoms with Crippen LogP contribution < -0.4 is 5.32 Å². The first-order valence-corrected chi connectivity index (χ1v) is 10.4. The van der Waals surface area contributed by atoms with Gasteiger partial charge in [-0.2, -0.15) is 0 Å². The normalized spacial score (nSPS) is 15.8. The molecular formula is C24H30FN3O2. The lowest BCUT2D eigenvalue weighted by Crippen LogP contribution is -2.44. The molecule has 6 heteroatoms. The Morgan fingerprint density at radius 3 is 2.47 bits per heavy atom. The van der Waals surface area contributed by atoms with Crippen LogP contribution in [0.15, 0.2) is 48.5 Å². The molecule has 1 fully saturated rings. The van der Waals surface area contributed by atoms with Gasteiger partial charge in [0.15, 0.2) is 0 Å². The van der Waals surface area contributed by atoms with Crippen LogP contribution in [0, 0.1) is 18.7 Å². The van der Waals surface area contributed by atoms with Crippen LogP contribution in [0.1, 0.15) is 40.4 Å². The van der Waals surface area contributed by atoms with Gasteiger partial charge in [0.25, 0.3) is 5.91 Å². The van der Waals surface area contributed by atoms with E-state index in [1.165, 1.54) is 12.1 Å². The second-order valence-electron chi connectivity index (χ2n) is 8.16. The largest absolute Gasteiger partial charge is 0.354 e. The van der Waals surface area contributed by atoms with Gasteiger partial charge in [0.2, 0.25) is 5.91 Å². The Morgan fingerprint density at radius 1 is 1.13 bits per heavy atom. The van der Waals surface area contributed by atoms with E-state index in [9.17, 15) is 14.0 Å². The number of likely N-dealkylation sites (N-methyl/N-ethyl adjacent to an activating group) is 1. The van der Waals surface area contributed by atoms with Crippen LogP contribution in [-0.4, -0.2) is 55.3 Å². The zero-order valence-corrected chi connectivity index (χ0v) is 17.9. The lowest BCUT2D eigenvalue weighted by atomic mass is 9.94. The Morgan fingerprint density at radius 2 is 1.83 bits per heavy atom. The summed E-state index contributed by atoms with van der Waals surface area (Å²) in [6, 6.07) is 14.0. The van der Waals surface area contributed by atoms with Crippen LogP contribution in [0.2, 0.25) is 0 Å². The number of rotatable bonds is 6. The van der Waals surface area contributed by atoms with Gasteiger partial charge in [0.1, 0.15) is 5.82 Å². The van der Waals surface area contributed by atoms with Crippen molar-refractivity contribution in [2.45, 2.75) is 25.8 Å². The standard InChI is InChI=1S/C24H30FN3O2/c1-17-7-4-5-10-21(17)24(30)28-13-11-18(12-14-28)23(29)26-16-22(27(2)3)19-8-6-9-20(25)15-19/h4-10,15,18,22H,11-14,16H2,1-3H3,(H,26,29)/t22-/m1/s1. The minimum Gasteiger partial charge on any atom is -0.354 e. The fraction of sp³-hybridized carbons (Fsp3) is 0.417. The molecule has 2 aromatic carbocycles. The number of carbonyl (C=O) groups is 2. The summed E-state index contributed by atoms with van der Waals surface area (Å²) < 4.78 is 13.6. The molecule has 1 heterocycles. The highest BCUT2D eigenvalue weighted by molar-refractivity contribution is 5.95. The molecule has 1 atom stereocenters. The van der Waals surface area contributed by atoms with Crippen LogP contribution in [-0.2, 0) is 4.79 Å². The van der Waals surface area contributed by atoms with Crippen LogP contribution in [0.3, 0.4) is 0 Å². The SMILES string of the molecule is Cc1ccccc1C(=O)N1CCC(C(=O)NC[C@H](c2cccc(F)c2)N(C)C)CC1. The number of halogens is 1. The maximum absolute atomic E-state index is 13.6. The third kappa shape index (κ3) is 5.25. The average Bonchev–Trinajstić information content (AvgIpc) is 2.73. The Balaban J connectivity index is 1.53. The van der Waals surface area contributed by atoms with Crippen molar-refractivity contribution in [1.82, 2.24) is 15.1 Å². The molecule has 0 unspecified atom stereocenters. The molecule has 0 saturated carbocycles. The highest BCUT2D eigenvalue weighted by atomic mass is 19.1. The van der Waals surface area contributed by atoms with E-state index in [1.54, 1.807) is 6.07 Å². The van der Waals surface area contributed by atoms with Crippen molar-refractivity contribution in [1.29, 1.82) is 0 Å². The van der Waals surface area contributed by atoms with E-state index in [0.717, 1.165) is 16.7 Å². The van der Waals surface area contributed by atoms with Gasteiger partial charge in [-0.1, -0.05) is 30.3 Å². The molecule has 2 amide bonds. The molecule has 5 nitrogen and oxygen atoms in total. The third-order valence-corrected chi connectivity index (χ3v) is 5.85. The quantitative estimate of drug-likeness (QED) is 0.793. The Kier molecular flexibility index (Phi) is 7.21. The maximum Gasteiger partial charge on any atom is 0.254 e. The predicted molar refractivity (Wildman–Crippen MR) is 116 cm³/mol. The fourth-order valence-corrected chi connectivity index (χ4v) is 3.98. The molecule has 0 radical (unpaired) electrons. The van der Waals surface area contributed by atoms with Gasteiger partial charge in [-0.15, -0.1) is 0 Å². The summed E-state index contributed by atoms with van der Waals surface area (Å²) in [5.74, 6) is -0.357. The maximum atomic E-state index is 13.6. The molecule has 0 aromatic heterocycles. The molecule has 0 aliphatic carbocycles. The lowest BCUT2D eigenvalue weighted by molar-refractivity contribution is -0.126. The zero-order chi connectivity index (χ0) is 21.7. The molecule has 1 saturated heterocycles. The molecule has 0 spiro atoms. The zero-order valence-electron chi connectivity index (χ0n) is 17.9. The number of nitrogens with zero attached hydrogens (tertiary/aromatic N) is 2. The summed E-state index contributed by atoms with van der Waals surface area (Å²) in [6.07, 6.45) is 1.30. The van der Waals surface area contributed by atoms with Crippen LogP contribution in [0.4, 0.5) is 4.39 Å². The second kappa shape index (κ2) is 9.85. The first-order valence-electron chi connectivity index (χ1n) is 10.4. The van der Waals surface area contributed by atoms with Crippen molar-refractivity contribution in [3.63, 3.8) is 0 Å². The highest BCUT2D eigenvalue weighted by Crippen LogP contribution is 2.22. The topological polar surface area (TPSA) is 52.7 Å². The van der Waals surface area contributed by atoms with Crippen molar-refractivity contribution in [2.75, 3.05) is 33.7 Å². The molecular weight excluding hydrogens is 381 g/mol. The smallest absolute Gasteiger partial charge is 0.254 e. The number of piperidine rings is 1. The second-order valence-corrected chi connectivity index (χ2v) is 8.16. The number of carbonyl (C=O) groups excluding carboxylic acids is 2. The molecule has 1 aliphatic heterocycles. The minimum absolute atomic E-state index is 0.00115. The minimum atomic E-state index is -0.281. The van der Waals surface area contributed by atoms with Gasteiger partial charge >= 0.3 is 0 Å². The van der Waals surface area contributed by atoms with E-state index in [1.807, 2.05) is 61.2 Å². The number of aryl methyl sites for hydroxylation is 1. The monoisotopic (exact) mass is 411 g/mol. The first-order chi connectivity index (χ1) is 14.4. The van der Waals surface area contributed by atoms with Crippen LogP contribution in [0.5, 0.6) is 0 Å². The molecule has 0 bridgehead atoms. The molecule has 30 heavy (non-hydrogen) atoms. The summed E-state index contributed by atoms with van der Waals surface area (Å²) >= 11 is 0. The lowest BCUT2D eigenvalue weighted by Gasteiger charge is -2.32. The summed E-state index contributed by atoms with van der Waals surface area (Å²) in [6.45, 7) is 3.50. The summed E-state index contributed by atoms with van der Waals surface area (Å²) in [5.41, 5.74) is 2.53. The number of nitrogens with one attached hydrogen (secondary N) is 1. The van der Waals surface area contributed by atoms with Crippen molar-refractivity contribution in [3.05, 3.63) is 71.0 Å². The van der Waals surface area contributed by atoms with E-state index < -0.39 is 0 Å². The molecule has 3 rings (SSSR count). The van der Waals surface area contributed by atoms with E-state index in [2.05, 4.69) is 5.32 Å². The Hall–Kier alpha value is -2.73. The van der Waals surface area contributed by atoms with E-state index >= 15 is 0 Å². The average molecular weight is 412 g/mol. The highest BCUT2D eigenvalue weighted by Gasteiger charge is 2.28. The summed E-state index contributed by atoms with van der Waals surface area (Å²) in [7, 11) is 3.83. The van der Waals surface area contributed by atoms with Crippen LogP contribution in [0.25, 0.3) is 0 Å². The van der Waals surface area contributed by atoms with E-state index in [-0.39, 0.29) is 29.6 Å². The van der Waals surface area contributed by atoms with Crippen molar-refractivity contribution in [2.24, 2.45) is 5.92 Å². The van der Waals surface area contributed by atoms with Crippen molar-refractivity contribution >= 4 is 11.8 Å².